The number of hydrogen-bond acceptors (Lipinski definition) is 4. The molecule has 0 saturated heterocycles. The summed E-state index contributed by atoms with van der Waals surface area (Å²) in [5, 5.41) is 16.3. The number of allylic oxidation sites excluding steroid dienone is 4. The van der Waals surface area contributed by atoms with E-state index in [4.69, 9.17) is 21.7 Å². The number of aliphatic carboxylic acids is 2. The van der Waals surface area contributed by atoms with Gasteiger partial charge in [0.2, 0.25) is 5.91 Å². The van der Waals surface area contributed by atoms with Gasteiger partial charge in [0.1, 0.15) is 6.04 Å². The largest absolute Gasteiger partial charge is 0.481 e. The van der Waals surface area contributed by atoms with Crippen molar-refractivity contribution in [3.8, 4) is 0 Å². The van der Waals surface area contributed by atoms with E-state index in [1.54, 1.807) is 0 Å². The molecule has 0 aliphatic carbocycles. The van der Waals surface area contributed by atoms with E-state index in [1.165, 1.54) is 51.4 Å². The quantitative estimate of drug-likeness (QED) is 0.187. The second-order valence-corrected chi connectivity index (χ2v) is 7.32. The molecule has 0 aliphatic rings. The van der Waals surface area contributed by atoms with Crippen molar-refractivity contribution in [1.82, 2.24) is 0 Å². The highest BCUT2D eigenvalue weighted by atomic mass is 16.4. The molecule has 7 nitrogen and oxygen atoms in total. The molecule has 0 saturated carbocycles. The first-order valence-corrected chi connectivity index (χ1v) is 11.1. The van der Waals surface area contributed by atoms with Crippen LogP contribution in [0.25, 0.3) is 0 Å². The molecular weight excluding hydrogens is 384 g/mol. The predicted molar refractivity (Wildman–Crippen MR) is 121 cm³/mol. The second-order valence-electron chi connectivity index (χ2n) is 7.32. The Morgan fingerprint density at radius 1 is 0.800 bits per heavy atom. The smallest absolute Gasteiger partial charge is 0.320 e. The highest BCUT2D eigenvalue weighted by Crippen LogP contribution is 2.07. The molecule has 0 aromatic rings. The van der Waals surface area contributed by atoms with E-state index in [9.17, 15) is 14.4 Å². The third-order valence-electron chi connectivity index (χ3n) is 4.36. The van der Waals surface area contributed by atoms with Gasteiger partial charge in [0.05, 0.1) is 0 Å². The summed E-state index contributed by atoms with van der Waals surface area (Å²) in [5.74, 6) is -2.37. The number of primary amides is 1. The first kappa shape index (κ1) is 30.0. The molecule has 0 unspecified atom stereocenters. The molecule has 7 heteroatoms. The van der Waals surface area contributed by atoms with Gasteiger partial charge in [-0.25, -0.2) is 0 Å². The van der Waals surface area contributed by atoms with Crippen molar-refractivity contribution in [2.45, 2.75) is 103 Å². The molecule has 1 amide bonds. The van der Waals surface area contributed by atoms with Gasteiger partial charge in [-0.15, -0.1) is 0 Å². The van der Waals surface area contributed by atoms with Gasteiger partial charge in [-0.1, -0.05) is 63.3 Å². The summed E-state index contributed by atoms with van der Waals surface area (Å²) in [5.41, 5.74) is 10.1. The minimum absolute atomic E-state index is 0.0231. The maximum atomic E-state index is 10.5. The summed E-state index contributed by atoms with van der Waals surface area (Å²) in [6.07, 6.45) is 22.7. The minimum Gasteiger partial charge on any atom is -0.481 e. The molecule has 0 aromatic carbocycles. The van der Waals surface area contributed by atoms with Gasteiger partial charge in [-0.05, 0) is 44.9 Å². The van der Waals surface area contributed by atoms with Crippen molar-refractivity contribution in [3.63, 3.8) is 0 Å². The number of unbranched alkanes of at least 4 members (excludes halogenated alkanes) is 8. The van der Waals surface area contributed by atoms with Crippen molar-refractivity contribution in [2.75, 3.05) is 0 Å². The SMILES string of the molecule is CCCCC/C=C\C/C=C\CCCCCCCC(N)=O.N[C@@H](CCC(=O)O)C(=O)O. The number of carbonyl (C=O) groups excluding carboxylic acids is 1. The van der Waals surface area contributed by atoms with Crippen LogP contribution in [-0.2, 0) is 14.4 Å². The zero-order valence-corrected chi connectivity index (χ0v) is 18.6. The molecule has 0 heterocycles. The van der Waals surface area contributed by atoms with E-state index < -0.39 is 18.0 Å². The Bertz CT molecular complexity index is 504. The Hall–Kier alpha value is -2.15. The van der Waals surface area contributed by atoms with Crippen LogP contribution in [0.2, 0.25) is 0 Å². The van der Waals surface area contributed by atoms with Crippen LogP contribution < -0.4 is 11.5 Å². The van der Waals surface area contributed by atoms with E-state index in [-0.39, 0.29) is 18.7 Å². The van der Waals surface area contributed by atoms with Gasteiger partial charge in [0.25, 0.3) is 0 Å². The lowest BCUT2D eigenvalue weighted by Crippen LogP contribution is -2.30. The fourth-order valence-electron chi connectivity index (χ4n) is 2.51. The lowest BCUT2D eigenvalue weighted by Gasteiger charge is -2.01. The summed E-state index contributed by atoms with van der Waals surface area (Å²) >= 11 is 0. The fourth-order valence-corrected chi connectivity index (χ4v) is 2.51. The molecule has 174 valence electrons. The zero-order valence-electron chi connectivity index (χ0n) is 18.6. The Labute approximate surface area is 181 Å². The number of rotatable bonds is 18. The van der Waals surface area contributed by atoms with Crippen LogP contribution in [0.1, 0.15) is 96.8 Å². The molecule has 0 aromatic heterocycles. The van der Waals surface area contributed by atoms with Crippen molar-refractivity contribution >= 4 is 17.8 Å². The third kappa shape index (κ3) is 28.1. The normalized spacial score (nSPS) is 11.9. The second kappa shape index (κ2) is 23.1. The van der Waals surface area contributed by atoms with E-state index in [1.807, 2.05) is 0 Å². The number of nitrogens with two attached hydrogens (primary N) is 2. The van der Waals surface area contributed by atoms with Crippen LogP contribution in [0.4, 0.5) is 0 Å². The van der Waals surface area contributed by atoms with Gasteiger partial charge in [0.15, 0.2) is 0 Å². The molecule has 0 bridgehead atoms. The van der Waals surface area contributed by atoms with E-state index in [0.717, 1.165) is 19.3 Å². The van der Waals surface area contributed by atoms with Crippen LogP contribution in [0.3, 0.4) is 0 Å². The van der Waals surface area contributed by atoms with Crippen LogP contribution in [-0.4, -0.2) is 34.1 Å². The van der Waals surface area contributed by atoms with E-state index in [0.29, 0.717) is 6.42 Å². The van der Waals surface area contributed by atoms with Crippen LogP contribution in [0, 0.1) is 0 Å². The molecule has 1 atom stereocenters. The maximum Gasteiger partial charge on any atom is 0.320 e. The van der Waals surface area contributed by atoms with E-state index in [2.05, 4.69) is 31.2 Å². The Balaban J connectivity index is 0. The zero-order chi connectivity index (χ0) is 23.0. The number of amides is 1. The highest BCUT2D eigenvalue weighted by Gasteiger charge is 2.12. The van der Waals surface area contributed by atoms with Crippen molar-refractivity contribution in [1.29, 1.82) is 0 Å². The number of carboxylic acids is 2. The van der Waals surface area contributed by atoms with Gasteiger partial charge in [-0.3, -0.25) is 14.4 Å². The lowest BCUT2D eigenvalue weighted by molar-refractivity contribution is -0.139. The number of carbonyl (C=O) groups is 3. The van der Waals surface area contributed by atoms with Crippen LogP contribution in [0.15, 0.2) is 24.3 Å². The Morgan fingerprint density at radius 3 is 1.83 bits per heavy atom. The molecule has 30 heavy (non-hydrogen) atoms. The van der Waals surface area contributed by atoms with Gasteiger partial charge < -0.3 is 21.7 Å². The molecule has 0 rings (SSSR count). The van der Waals surface area contributed by atoms with Gasteiger partial charge in [0, 0.05) is 12.8 Å². The first-order chi connectivity index (χ1) is 14.3. The van der Waals surface area contributed by atoms with Gasteiger partial charge >= 0.3 is 11.9 Å². The van der Waals surface area contributed by atoms with Crippen LogP contribution >= 0.6 is 0 Å². The Morgan fingerprint density at radius 2 is 1.33 bits per heavy atom. The third-order valence-corrected chi connectivity index (χ3v) is 4.36. The molecule has 0 aliphatic heterocycles. The summed E-state index contributed by atoms with van der Waals surface area (Å²) in [4.78, 5) is 30.4. The number of carboxylic acid groups (broad SMARTS) is 2. The summed E-state index contributed by atoms with van der Waals surface area (Å²) in [7, 11) is 0. The number of hydrogen-bond donors (Lipinski definition) is 4. The summed E-state index contributed by atoms with van der Waals surface area (Å²) < 4.78 is 0. The molecule has 0 spiro atoms. The summed E-state index contributed by atoms with van der Waals surface area (Å²) in [6.45, 7) is 2.24. The molecule has 0 fully saturated rings. The topological polar surface area (TPSA) is 144 Å². The predicted octanol–water partition coefficient (Wildman–Crippen LogP) is 4.55. The molecule has 0 radical (unpaired) electrons. The minimum atomic E-state index is -1.17. The average molecular weight is 427 g/mol. The average Bonchev–Trinajstić information content (AvgIpc) is 2.69. The lowest BCUT2D eigenvalue weighted by atomic mass is 10.1. The Kier molecular flexibility index (Phi) is 23.2. The van der Waals surface area contributed by atoms with Crippen molar-refractivity contribution in [2.24, 2.45) is 11.5 Å². The fraction of sp³-hybridized carbons (Fsp3) is 0.696. The van der Waals surface area contributed by atoms with Crippen molar-refractivity contribution in [3.05, 3.63) is 24.3 Å². The van der Waals surface area contributed by atoms with E-state index >= 15 is 0 Å². The first-order valence-electron chi connectivity index (χ1n) is 11.1. The monoisotopic (exact) mass is 426 g/mol. The maximum absolute atomic E-state index is 10.5. The standard InChI is InChI=1S/C18H33NO.C5H9NO4/c1-2-3-4-5-6-7-8-9-10-11-12-13-14-15-16-17-18(19)20;6-3(5(9)10)1-2-4(7)8/h6-7,9-10H,2-5,8,11-17H2,1H3,(H2,19,20);3H,1-2,6H2,(H,7,8)(H,9,10)/b7-6-,10-9-;/t;3-/m.0/s1. The molecular formula is C23H42N2O5. The highest BCUT2D eigenvalue weighted by molar-refractivity contribution is 5.74. The molecule has 6 N–H and O–H groups in total. The summed E-state index contributed by atoms with van der Waals surface area (Å²) in [6, 6.07) is -1.06. The van der Waals surface area contributed by atoms with Crippen LogP contribution in [0.5, 0.6) is 0 Å². The van der Waals surface area contributed by atoms with Gasteiger partial charge in [-0.2, -0.15) is 0 Å². The van der Waals surface area contributed by atoms with Crippen molar-refractivity contribution < 1.29 is 24.6 Å².